The molecule has 27 heavy (non-hydrogen) atoms. The number of alkyl halides is 2. The highest BCUT2D eigenvalue weighted by Gasteiger charge is 2.16. The Morgan fingerprint density at radius 1 is 1.26 bits per heavy atom. The second kappa shape index (κ2) is 8.01. The highest BCUT2D eigenvalue weighted by Crippen LogP contribution is 2.25. The lowest BCUT2D eigenvalue weighted by Gasteiger charge is -2.06. The van der Waals surface area contributed by atoms with Gasteiger partial charge in [0, 0.05) is 21.3 Å². The molecular formula is C16H14Cl2F2N6O. The van der Waals surface area contributed by atoms with Gasteiger partial charge in [-0.3, -0.25) is 14.8 Å². The van der Waals surface area contributed by atoms with Gasteiger partial charge in [-0.15, -0.1) is 5.10 Å². The van der Waals surface area contributed by atoms with Crippen LogP contribution in [0.2, 0.25) is 10.0 Å². The maximum absolute atomic E-state index is 12.7. The van der Waals surface area contributed by atoms with E-state index in [9.17, 15) is 13.6 Å². The molecule has 0 fully saturated rings. The number of hydrogen-bond acceptors (Lipinski definition) is 4. The van der Waals surface area contributed by atoms with E-state index in [0.29, 0.717) is 21.3 Å². The zero-order valence-corrected chi connectivity index (χ0v) is 15.5. The Bertz CT molecular complexity index is 951. The molecule has 142 valence electrons. The van der Waals surface area contributed by atoms with E-state index >= 15 is 0 Å². The third-order valence-corrected chi connectivity index (χ3v) is 4.39. The standard InChI is InChI=1S/C16H14Cl2F2N6O/c1-9-5-13(15(19)20)23-26(9)7-14(27)22-16-21-8-25(24-16)6-10-11(17)3-2-4-12(10)18/h2-5,8,15H,6-7H2,1H3,(H,22,24,27). The minimum atomic E-state index is -2.69. The summed E-state index contributed by atoms with van der Waals surface area (Å²) < 4.78 is 28.0. The van der Waals surface area contributed by atoms with Gasteiger partial charge < -0.3 is 0 Å². The van der Waals surface area contributed by atoms with Crippen LogP contribution in [0.3, 0.4) is 0 Å². The molecule has 11 heteroatoms. The predicted octanol–water partition coefficient (Wildman–Crippen LogP) is 3.71. The zero-order valence-electron chi connectivity index (χ0n) is 14.0. The minimum Gasteiger partial charge on any atom is -0.292 e. The SMILES string of the molecule is Cc1cc(C(F)F)nn1CC(=O)Nc1ncn(Cc2c(Cl)cccc2Cl)n1. The van der Waals surface area contributed by atoms with E-state index in [1.54, 1.807) is 25.1 Å². The first-order valence-corrected chi connectivity index (χ1v) is 8.53. The molecule has 3 aromatic rings. The molecule has 0 saturated heterocycles. The molecule has 0 atom stereocenters. The van der Waals surface area contributed by atoms with E-state index < -0.39 is 12.3 Å². The summed E-state index contributed by atoms with van der Waals surface area (Å²) in [6, 6.07) is 6.39. The van der Waals surface area contributed by atoms with Gasteiger partial charge in [0.25, 0.3) is 6.43 Å². The molecule has 1 aromatic carbocycles. The number of aromatic nitrogens is 5. The lowest BCUT2D eigenvalue weighted by molar-refractivity contribution is -0.117. The summed E-state index contributed by atoms with van der Waals surface area (Å²) in [6.07, 6.45) is -1.27. The van der Waals surface area contributed by atoms with E-state index in [-0.39, 0.29) is 24.7 Å². The number of amides is 1. The molecule has 7 nitrogen and oxygen atoms in total. The Morgan fingerprint density at radius 2 is 1.96 bits per heavy atom. The van der Waals surface area contributed by atoms with E-state index in [0.717, 1.165) is 0 Å². The Kier molecular flexibility index (Phi) is 5.71. The van der Waals surface area contributed by atoms with Crippen molar-refractivity contribution in [1.82, 2.24) is 24.5 Å². The van der Waals surface area contributed by atoms with Crippen LogP contribution in [0.5, 0.6) is 0 Å². The smallest absolute Gasteiger partial charge is 0.282 e. The fraction of sp³-hybridized carbons (Fsp3) is 0.250. The molecule has 0 aliphatic rings. The largest absolute Gasteiger partial charge is 0.292 e. The Balaban J connectivity index is 1.64. The summed E-state index contributed by atoms with van der Waals surface area (Å²) in [5.41, 5.74) is 0.752. The number of benzene rings is 1. The minimum absolute atomic E-state index is 0.0714. The van der Waals surface area contributed by atoms with Gasteiger partial charge in [0.1, 0.15) is 18.6 Å². The van der Waals surface area contributed by atoms with Gasteiger partial charge in [-0.05, 0) is 25.1 Å². The first-order valence-electron chi connectivity index (χ1n) is 7.78. The van der Waals surface area contributed by atoms with Gasteiger partial charge in [-0.2, -0.15) is 5.10 Å². The maximum Gasteiger partial charge on any atom is 0.282 e. The number of nitrogens with zero attached hydrogens (tertiary/aromatic N) is 5. The van der Waals surface area contributed by atoms with Crippen LogP contribution < -0.4 is 5.32 Å². The average molecular weight is 415 g/mol. The topological polar surface area (TPSA) is 77.6 Å². The lowest BCUT2D eigenvalue weighted by Crippen LogP contribution is -2.21. The van der Waals surface area contributed by atoms with Gasteiger partial charge in [0.05, 0.1) is 6.54 Å². The molecule has 0 radical (unpaired) electrons. The summed E-state index contributed by atoms with van der Waals surface area (Å²) >= 11 is 12.2. The Morgan fingerprint density at radius 3 is 2.59 bits per heavy atom. The predicted molar refractivity (Wildman–Crippen MR) is 96.1 cm³/mol. The Hall–Kier alpha value is -2.52. The van der Waals surface area contributed by atoms with Crippen molar-refractivity contribution < 1.29 is 13.6 Å². The molecule has 0 saturated carbocycles. The molecular weight excluding hydrogens is 401 g/mol. The summed E-state index contributed by atoms with van der Waals surface area (Å²) in [5.74, 6) is -0.419. The monoisotopic (exact) mass is 414 g/mol. The van der Waals surface area contributed by atoms with Crippen LogP contribution in [0.1, 0.15) is 23.4 Å². The fourth-order valence-electron chi connectivity index (χ4n) is 2.38. The molecule has 0 spiro atoms. The van der Waals surface area contributed by atoms with E-state index in [2.05, 4.69) is 20.5 Å². The molecule has 0 aliphatic heterocycles. The molecule has 2 heterocycles. The number of halogens is 4. The van der Waals surface area contributed by atoms with Gasteiger partial charge in [0.15, 0.2) is 0 Å². The van der Waals surface area contributed by atoms with Crippen molar-refractivity contribution in [1.29, 1.82) is 0 Å². The van der Waals surface area contributed by atoms with Crippen LogP contribution in [-0.2, 0) is 17.9 Å². The van der Waals surface area contributed by atoms with Gasteiger partial charge in [0.2, 0.25) is 11.9 Å². The molecule has 3 rings (SSSR count). The number of hydrogen-bond donors (Lipinski definition) is 1. The maximum atomic E-state index is 12.7. The van der Waals surface area contributed by atoms with Crippen LogP contribution >= 0.6 is 23.2 Å². The average Bonchev–Trinajstić information content (AvgIpc) is 3.18. The number of rotatable bonds is 6. The number of anilines is 1. The molecule has 0 bridgehead atoms. The van der Waals surface area contributed by atoms with Crippen molar-refractivity contribution in [3.05, 3.63) is 57.6 Å². The lowest BCUT2D eigenvalue weighted by atomic mass is 10.2. The number of carbonyl (C=O) groups excluding carboxylic acids is 1. The Labute approximate surface area is 162 Å². The number of aryl methyl sites for hydroxylation is 1. The highest BCUT2D eigenvalue weighted by atomic mass is 35.5. The van der Waals surface area contributed by atoms with Crippen molar-refractivity contribution >= 4 is 35.1 Å². The van der Waals surface area contributed by atoms with E-state index in [1.807, 2.05) is 0 Å². The van der Waals surface area contributed by atoms with Crippen molar-refractivity contribution in [2.75, 3.05) is 5.32 Å². The second-order valence-electron chi connectivity index (χ2n) is 5.68. The fourth-order valence-corrected chi connectivity index (χ4v) is 2.89. The second-order valence-corrected chi connectivity index (χ2v) is 6.50. The first kappa shape index (κ1) is 19.2. The number of nitrogens with one attached hydrogen (secondary N) is 1. The number of carbonyl (C=O) groups is 1. The molecule has 1 amide bonds. The van der Waals surface area contributed by atoms with Crippen LogP contribution in [-0.4, -0.2) is 30.5 Å². The van der Waals surface area contributed by atoms with Crippen LogP contribution in [0.15, 0.2) is 30.6 Å². The van der Waals surface area contributed by atoms with Crippen molar-refractivity contribution in [3.63, 3.8) is 0 Å². The summed E-state index contributed by atoms with van der Waals surface area (Å²) in [4.78, 5) is 16.1. The molecule has 2 aromatic heterocycles. The van der Waals surface area contributed by atoms with E-state index in [4.69, 9.17) is 23.2 Å². The van der Waals surface area contributed by atoms with Gasteiger partial charge >= 0.3 is 0 Å². The van der Waals surface area contributed by atoms with Crippen molar-refractivity contribution in [2.45, 2.75) is 26.4 Å². The molecule has 1 N–H and O–H groups in total. The third-order valence-electron chi connectivity index (χ3n) is 3.69. The van der Waals surface area contributed by atoms with Crippen LogP contribution in [0, 0.1) is 6.92 Å². The normalized spacial score (nSPS) is 11.2. The summed E-state index contributed by atoms with van der Waals surface area (Å²) in [5, 5.41) is 11.3. The quantitative estimate of drug-likeness (QED) is 0.666. The zero-order chi connectivity index (χ0) is 19.6. The van der Waals surface area contributed by atoms with Crippen LogP contribution in [0.4, 0.5) is 14.7 Å². The van der Waals surface area contributed by atoms with Crippen molar-refractivity contribution in [2.24, 2.45) is 0 Å². The summed E-state index contributed by atoms with van der Waals surface area (Å²) in [7, 11) is 0. The van der Waals surface area contributed by atoms with Crippen LogP contribution in [0.25, 0.3) is 0 Å². The first-order chi connectivity index (χ1) is 12.8. The third kappa shape index (κ3) is 4.61. The van der Waals surface area contributed by atoms with Gasteiger partial charge in [-0.25, -0.2) is 18.4 Å². The molecule has 0 unspecified atom stereocenters. The highest BCUT2D eigenvalue weighted by molar-refractivity contribution is 6.35. The van der Waals surface area contributed by atoms with Crippen molar-refractivity contribution in [3.8, 4) is 0 Å². The molecule has 0 aliphatic carbocycles. The summed E-state index contributed by atoms with van der Waals surface area (Å²) in [6.45, 7) is 1.63. The van der Waals surface area contributed by atoms with Gasteiger partial charge in [-0.1, -0.05) is 29.3 Å². The van der Waals surface area contributed by atoms with E-state index in [1.165, 1.54) is 21.8 Å².